The van der Waals surface area contributed by atoms with E-state index in [2.05, 4.69) is 5.10 Å². The molecular formula is C21H30N4O4S. The molecule has 0 atom stereocenters. The van der Waals surface area contributed by atoms with Crippen LogP contribution in [0.2, 0.25) is 0 Å². The van der Waals surface area contributed by atoms with Crippen LogP contribution in [0.4, 0.5) is 0 Å². The van der Waals surface area contributed by atoms with Gasteiger partial charge in [0.05, 0.1) is 6.61 Å². The van der Waals surface area contributed by atoms with Crippen molar-refractivity contribution in [2.24, 2.45) is 7.05 Å². The quantitative estimate of drug-likeness (QED) is 0.698. The van der Waals surface area contributed by atoms with Crippen molar-refractivity contribution in [2.45, 2.75) is 62.3 Å². The maximum absolute atomic E-state index is 13.2. The minimum atomic E-state index is -3.64. The smallest absolute Gasteiger partial charge is 0.345 e. The molecule has 30 heavy (non-hydrogen) atoms. The lowest BCUT2D eigenvalue weighted by atomic mass is 9.97. The molecule has 164 valence electrons. The molecule has 0 N–H and O–H groups in total. The van der Waals surface area contributed by atoms with Gasteiger partial charge in [-0.15, -0.1) is 0 Å². The van der Waals surface area contributed by atoms with Crippen LogP contribution in [0.3, 0.4) is 0 Å². The number of ether oxygens (including phenoxy) is 1. The van der Waals surface area contributed by atoms with E-state index in [1.54, 1.807) is 31.3 Å². The zero-order valence-corrected chi connectivity index (χ0v) is 18.5. The average molecular weight is 435 g/mol. The average Bonchev–Trinajstić information content (AvgIpc) is 3.37. The van der Waals surface area contributed by atoms with Gasteiger partial charge < -0.3 is 4.74 Å². The predicted molar refractivity (Wildman–Crippen MR) is 113 cm³/mol. The van der Waals surface area contributed by atoms with Crippen molar-refractivity contribution in [1.29, 1.82) is 0 Å². The summed E-state index contributed by atoms with van der Waals surface area (Å²) < 4.78 is 36.8. The first-order valence-electron chi connectivity index (χ1n) is 10.8. The molecule has 0 unspecified atom stereocenters. The predicted octanol–water partition coefficient (Wildman–Crippen LogP) is 2.66. The lowest BCUT2D eigenvalue weighted by Crippen LogP contribution is -2.39. The van der Waals surface area contributed by atoms with Gasteiger partial charge in [0.25, 0.3) is 0 Å². The fraction of sp³-hybridized carbons (Fsp3) is 0.619. The molecule has 2 aromatic rings. The molecule has 2 aliphatic rings. The highest BCUT2D eigenvalue weighted by molar-refractivity contribution is 7.89. The Morgan fingerprint density at radius 3 is 2.43 bits per heavy atom. The Morgan fingerprint density at radius 2 is 1.77 bits per heavy atom. The van der Waals surface area contributed by atoms with Gasteiger partial charge in [-0.05, 0) is 44.7 Å². The lowest BCUT2D eigenvalue weighted by Gasteiger charge is -2.31. The Balaban J connectivity index is 1.54. The Morgan fingerprint density at radius 1 is 1.10 bits per heavy atom. The van der Waals surface area contributed by atoms with Crippen molar-refractivity contribution in [2.75, 3.05) is 19.7 Å². The van der Waals surface area contributed by atoms with Gasteiger partial charge in [0.2, 0.25) is 10.0 Å². The molecule has 1 saturated carbocycles. The number of para-hydroxylation sites is 1. The fourth-order valence-corrected chi connectivity index (χ4v) is 6.32. The third kappa shape index (κ3) is 3.80. The van der Waals surface area contributed by atoms with Crippen LogP contribution in [-0.2, 0) is 17.1 Å². The first kappa shape index (κ1) is 21.1. The van der Waals surface area contributed by atoms with E-state index in [-0.39, 0.29) is 22.5 Å². The number of rotatable bonds is 6. The van der Waals surface area contributed by atoms with E-state index in [1.807, 2.05) is 11.5 Å². The second kappa shape index (κ2) is 8.55. The second-order valence-corrected chi connectivity index (χ2v) is 10.0. The van der Waals surface area contributed by atoms with Gasteiger partial charge in [-0.3, -0.25) is 4.57 Å². The van der Waals surface area contributed by atoms with Gasteiger partial charge in [-0.25, -0.2) is 17.9 Å². The molecule has 0 bridgehead atoms. The fourth-order valence-electron chi connectivity index (χ4n) is 4.71. The van der Waals surface area contributed by atoms with E-state index < -0.39 is 10.0 Å². The third-order valence-electron chi connectivity index (χ3n) is 6.26. The molecule has 1 aromatic heterocycles. The number of nitrogens with zero attached hydrogens (tertiary/aromatic N) is 4. The molecule has 2 fully saturated rings. The van der Waals surface area contributed by atoms with E-state index in [9.17, 15) is 13.2 Å². The summed E-state index contributed by atoms with van der Waals surface area (Å²) in [6.07, 6.45) is 5.61. The molecule has 8 nitrogen and oxygen atoms in total. The van der Waals surface area contributed by atoms with Crippen LogP contribution in [0, 0.1) is 0 Å². The highest BCUT2D eigenvalue weighted by Crippen LogP contribution is 2.35. The Bertz CT molecular complexity index is 1050. The van der Waals surface area contributed by atoms with Gasteiger partial charge in [0.15, 0.2) is 0 Å². The number of hydrogen-bond donors (Lipinski definition) is 0. The summed E-state index contributed by atoms with van der Waals surface area (Å²) in [4.78, 5) is 12.9. The Kier molecular flexibility index (Phi) is 6.02. The molecule has 0 radical (unpaired) electrons. The van der Waals surface area contributed by atoms with Gasteiger partial charge in [-0.2, -0.15) is 9.40 Å². The van der Waals surface area contributed by atoms with Crippen LogP contribution in [-0.4, -0.2) is 46.8 Å². The number of aryl methyl sites for hydroxylation is 1. The van der Waals surface area contributed by atoms with E-state index >= 15 is 0 Å². The molecule has 9 heteroatoms. The van der Waals surface area contributed by atoms with E-state index in [1.165, 1.54) is 8.99 Å². The number of sulfonamides is 1. The molecule has 1 aliphatic carbocycles. The molecule has 4 rings (SSSR count). The van der Waals surface area contributed by atoms with E-state index in [4.69, 9.17) is 4.74 Å². The Hall–Kier alpha value is -2.13. The van der Waals surface area contributed by atoms with Crippen LogP contribution >= 0.6 is 0 Å². The standard InChI is InChI=1S/C21H30N4O4S/c1-3-29-18-10-6-7-11-19(18)30(27,28)24-14-12-16(13-15-24)20-22-23(2)21(26)25(20)17-8-4-5-9-17/h6-7,10-11,16-17H,3-5,8-9,12-15H2,1-2H3. The molecule has 2 heterocycles. The topological polar surface area (TPSA) is 86.4 Å². The number of piperidine rings is 1. The maximum atomic E-state index is 13.2. The molecule has 0 amide bonds. The summed E-state index contributed by atoms with van der Waals surface area (Å²) >= 11 is 0. The van der Waals surface area contributed by atoms with E-state index in [0.717, 1.165) is 31.5 Å². The minimum absolute atomic E-state index is 0.0578. The largest absolute Gasteiger partial charge is 0.492 e. The van der Waals surface area contributed by atoms with Crippen molar-refractivity contribution in [3.63, 3.8) is 0 Å². The van der Waals surface area contributed by atoms with Gasteiger partial charge in [0.1, 0.15) is 16.5 Å². The van der Waals surface area contributed by atoms with Crippen LogP contribution in [0.15, 0.2) is 34.0 Å². The third-order valence-corrected chi connectivity index (χ3v) is 8.20. The van der Waals surface area contributed by atoms with Crippen molar-refractivity contribution in [1.82, 2.24) is 18.7 Å². The van der Waals surface area contributed by atoms with E-state index in [0.29, 0.717) is 38.3 Å². The summed E-state index contributed by atoms with van der Waals surface area (Å²) in [5.41, 5.74) is -0.0578. The molecule has 1 aromatic carbocycles. The maximum Gasteiger partial charge on any atom is 0.345 e. The Labute approximate surface area is 177 Å². The highest BCUT2D eigenvalue weighted by Gasteiger charge is 2.35. The van der Waals surface area contributed by atoms with Crippen molar-refractivity contribution in [3.05, 3.63) is 40.6 Å². The molecule has 0 spiro atoms. The van der Waals surface area contributed by atoms with Crippen molar-refractivity contribution < 1.29 is 13.2 Å². The van der Waals surface area contributed by atoms with Gasteiger partial charge >= 0.3 is 5.69 Å². The van der Waals surface area contributed by atoms with Crippen molar-refractivity contribution in [3.8, 4) is 5.75 Å². The summed E-state index contributed by atoms with van der Waals surface area (Å²) in [6.45, 7) is 3.06. The SMILES string of the molecule is CCOc1ccccc1S(=O)(=O)N1CCC(c2nn(C)c(=O)n2C2CCCC2)CC1. The van der Waals surface area contributed by atoms with Gasteiger partial charge in [-0.1, -0.05) is 25.0 Å². The van der Waals surface area contributed by atoms with Gasteiger partial charge in [0, 0.05) is 32.1 Å². The summed E-state index contributed by atoms with van der Waals surface area (Å²) in [5.74, 6) is 1.30. The number of benzene rings is 1. The lowest BCUT2D eigenvalue weighted by molar-refractivity contribution is 0.299. The number of aromatic nitrogens is 3. The summed E-state index contributed by atoms with van der Waals surface area (Å²) in [6, 6.07) is 7.01. The molecule has 1 saturated heterocycles. The molecule has 1 aliphatic heterocycles. The zero-order chi connectivity index (χ0) is 21.3. The first-order chi connectivity index (χ1) is 14.4. The van der Waals surface area contributed by atoms with Crippen LogP contribution in [0.5, 0.6) is 5.75 Å². The van der Waals surface area contributed by atoms with Crippen LogP contribution in [0.1, 0.15) is 63.2 Å². The summed E-state index contributed by atoms with van der Waals surface area (Å²) in [5, 5.41) is 4.54. The summed E-state index contributed by atoms with van der Waals surface area (Å²) in [7, 11) is -1.94. The monoisotopic (exact) mass is 434 g/mol. The minimum Gasteiger partial charge on any atom is -0.492 e. The highest BCUT2D eigenvalue weighted by atomic mass is 32.2. The molecular weight excluding hydrogens is 404 g/mol. The zero-order valence-electron chi connectivity index (χ0n) is 17.7. The van der Waals surface area contributed by atoms with Crippen molar-refractivity contribution >= 4 is 10.0 Å². The van der Waals surface area contributed by atoms with Crippen LogP contribution < -0.4 is 10.4 Å². The van der Waals surface area contributed by atoms with Crippen LogP contribution in [0.25, 0.3) is 0 Å². The second-order valence-electron chi connectivity index (χ2n) is 8.13. The number of hydrogen-bond acceptors (Lipinski definition) is 5. The normalized spacial score (nSPS) is 19.4. The first-order valence-corrected chi connectivity index (χ1v) is 12.2.